The fraction of sp³-hybridized carbons (Fsp3) is 0.333. The van der Waals surface area contributed by atoms with Crippen molar-refractivity contribution in [3.8, 4) is 0 Å². The molecule has 0 aliphatic heterocycles. The summed E-state index contributed by atoms with van der Waals surface area (Å²) in [4.78, 5) is 23.4. The van der Waals surface area contributed by atoms with Crippen molar-refractivity contribution in [2.24, 2.45) is 5.92 Å². The summed E-state index contributed by atoms with van der Waals surface area (Å²) < 4.78 is 4.66. The summed E-state index contributed by atoms with van der Waals surface area (Å²) in [7, 11) is 1.31. The summed E-state index contributed by atoms with van der Waals surface area (Å²) in [5, 5.41) is 0.851. The second-order valence-corrected chi connectivity index (χ2v) is 4.75. The lowest BCUT2D eigenvalue weighted by molar-refractivity contribution is -0.145. The molecule has 1 aromatic carbocycles. The van der Waals surface area contributed by atoms with Crippen molar-refractivity contribution in [2.45, 2.75) is 12.8 Å². The van der Waals surface area contributed by atoms with Crippen molar-refractivity contribution in [1.29, 1.82) is 0 Å². The third-order valence-electron chi connectivity index (χ3n) is 2.90. The first kappa shape index (κ1) is 12.4. The first-order valence-corrected chi connectivity index (χ1v) is 5.88. The van der Waals surface area contributed by atoms with Crippen molar-refractivity contribution in [1.82, 2.24) is 0 Å². The highest BCUT2D eigenvalue weighted by atomic mass is 35.5. The van der Waals surface area contributed by atoms with E-state index in [-0.39, 0.29) is 18.2 Å². The van der Waals surface area contributed by atoms with Crippen LogP contribution in [0.25, 0.3) is 0 Å². The van der Waals surface area contributed by atoms with Gasteiger partial charge in [0.15, 0.2) is 5.78 Å². The van der Waals surface area contributed by atoms with Crippen molar-refractivity contribution >= 4 is 35.0 Å². The topological polar surface area (TPSA) is 43.4 Å². The molecule has 0 amide bonds. The zero-order valence-electron chi connectivity index (χ0n) is 9.13. The molecule has 0 spiro atoms. The number of esters is 1. The maximum atomic E-state index is 11.9. The molecule has 0 radical (unpaired) electrons. The Morgan fingerprint density at radius 1 is 1.29 bits per heavy atom. The minimum Gasteiger partial charge on any atom is -0.469 e. The molecule has 1 aliphatic carbocycles. The third-order valence-corrected chi connectivity index (χ3v) is 3.57. The number of methoxy groups -OCH3 is 1. The molecular weight excluding hydrogens is 263 g/mol. The molecule has 0 aromatic heterocycles. The predicted octanol–water partition coefficient (Wildman–Crippen LogP) is 2.91. The van der Waals surface area contributed by atoms with Crippen LogP contribution in [0.3, 0.4) is 0 Å². The van der Waals surface area contributed by atoms with Gasteiger partial charge in [-0.2, -0.15) is 0 Å². The molecule has 90 valence electrons. The van der Waals surface area contributed by atoms with Gasteiger partial charge in [0.25, 0.3) is 0 Å². The molecule has 0 heterocycles. The Hall–Kier alpha value is -1.06. The zero-order chi connectivity index (χ0) is 12.6. The van der Waals surface area contributed by atoms with Crippen LogP contribution in [-0.4, -0.2) is 18.9 Å². The van der Waals surface area contributed by atoms with E-state index in [1.807, 2.05) is 0 Å². The molecule has 0 N–H and O–H groups in total. The summed E-state index contributed by atoms with van der Waals surface area (Å²) in [6.45, 7) is 0. The largest absolute Gasteiger partial charge is 0.469 e. The minimum absolute atomic E-state index is 0.125. The number of carbonyl (C=O) groups is 2. The number of halogens is 2. The van der Waals surface area contributed by atoms with Crippen LogP contribution >= 0.6 is 23.2 Å². The second kappa shape index (κ2) is 4.67. The summed E-state index contributed by atoms with van der Waals surface area (Å²) in [6, 6.07) is 3.23. The highest BCUT2D eigenvalue weighted by Gasteiger charge is 2.33. The SMILES string of the molecule is COC(=O)C1CC(=O)c2c(Cl)ccc(Cl)c2C1. The molecule has 3 nitrogen and oxygen atoms in total. The van der Waals surface area contributed by atoms with Crippen molar-refractivity contribution in [3.63, 3.8) is 0 Å². The summed E-state index contributed by atoms with van der Waals surface area (Å²) in [6.07, 6.45) is 0.521. The average molecular weight is 273 g/mol. The van der Waals surface area contributed by atoms with Crippen molar-refractivity contribution < 1.29 is 14.3 Å². The Morgan fingerprint density at radius 2 is 1.94 bits per heavy atom. The summed E-state index contributed by atoms with van der Waals surface area (Å²) in [5.41, 5.74) is 1.09. The Bertz CT molecular complexity index is 497. The number of rotatable bonds is 1. The van der Waals surface area contributed by atoms with Crippen LogP contribution in [0.4, 0.5) is 0 Å². The van der Waals surface area contributed by atoms with Gasteiger partial charge in [0, 0.05) is 17.0 Å². The second-order valence-electron chi connectivity index (χ2n) is 3.93. The number of ether oxygens (including phenoxy) is 1. The summed E-state index contributed by atoms with van der Waals surface area (Å²) in [5.74, 6) is -1.01. The van der Waals surface area contributed by atoms with Crippen LogP contribution < -0.4 is 0 Å². The monoisotopic (exact) mass is 272 g/mol. The molecule has 5 heteroatoms. The van der Waals surface area contributed by atoms with Crippen molar-refractivity contribution in [3.05, 3.63) is 33.3 Å². The fourth-order valence-corrected chi connectivity index (χ4v) is 2.59. The maximum absolute atomic E-state index is 11.9. The van der Waals surface area contributed by atoms with Gasteiger partial charge in [0.05, 0.1) is 18.1 Å². The Balaban J connectivity index is 2.46. The lowest BCUT2D eigenvalue weighted by Crippen LogP contribution is -2.28. The van der Waals surface area contributed by atoms with E-state index in [9.17, 15) is 9.59 Å². The molecular formula is C12H10Cl2O3. The highest BCUT2D eigenvalue weighted by molar-refractivity contribution is 6.36. The number of Topliss-reactive ketones (excluding diaryl/α,β-unsaturated/α-hetero) is 1. The van der Waals surface area contributed by atoms with E-state index >= 15 is 0 Å². The van der Waals surface area contributed by atoms with Crippen LogP contribution in [0, 0.1) is 5.92 Å². The molecule has 17 heavy (non-hydrogen) atoms. The molecule has 1 aromatic rings. The van der Waals surface area contributed by atoms with Crippen LogP contribution in [0.1, 0.15) is 22.3 Å². The smallest absolute Gasteiger partial charge is 0.309 e. The van der Waals surface area contributed by atoms with Crippen LogP contribution in [0.5, 0.6) is 0 Å². The zero-order valence-corrected chi connectivity index (χ0v) is 10.6. The number of ketones is 1. The van der Waals surface area contributed by atoms with Gasteiger partial charge < -0.3 is 4.74 Å². The van der Waals surface area contributed by atoms with Crippen LogP contribution in [-0.2, 0) is 16.0 Å². The number of fused-ring (bicyclic) bond motifs is 1. The lowest BCUT2D eigenvalue weighted by Gasteiger charge is -2.23. The normalized spacial score (nSPS) is 18.8. The first-order valence-electron chi connectivity index (χ1n) is 5.12. The molecule has 2 rings (SSSR count). The lowest BCUT2D eigenvalue weighted by atomic mass is 9.83. The molecule has 1 aliphatic rings. The maximum Gasteiger partial charge on any atom is 0.309 e. The number of benzene rings is 1. The average Bonchev–Trinajstić information content (AvgIpc) is 2.32. The van der Waals surface area contributed by atoms with E-state index in [0.717, 1.165) is 0 Å². The molecule has 1 unspecified atom stereocenters. The van der Waals surface area contributed by atoms with Gasteiger partial charge in [0.2, 0.25) is 0 Å². The third kappa shape index (κ3) is 2.17. The Labute approximate surface area is 109 Å². The van der Waals surface area contributed by atoms with E-state index in [4.69, 9.17) is 23.2 Å². The Morgan fingerprint density at radius 3 is 2.59 bits per heavy atom. The number of hydrogen-bond acceptors (Lipinski definition) is 3. The molecule has 0 fully saturated rings. The standard InChI is InChI=1S/C12H10Cl2O3/c1-17-12(16)6-4-7-8(13)2-3-9(14)11(7)10(15)5-6/h2-3,6H,4-5H2,1H3. The van der Waals surface area contributed by atoms with Crippen molar-refractivity contribution in [2.75, 3.05) is 7.11 Å². The van der Waals surface area contributed by atoms with Gasteiger partial charge in [-0.25, -0.2) is 0 Å². The van der Waals surface area contributed by atoms with E-state index in [0.29, 0.717) is 27.6 Å². The van der Waals surface area contributed by atoms with Gasteiger partial charge in [-0.15, -0.1) is 0 Å². The van der Waals surface area contributed by atoms with E-state index < -0.39 is 5.92 Å². The molecule has 0 bridgehead atoms. The molecule has 0 saturated carbocycles. The van der Waals surface area contributed by atoms with E-state index in [1.54, 1.807) is 12.1 Å². The van der Waals surface area contributed by atoms with Crippen LogP contribution in [0.15, 0.2) is 12.1 Å². The van der Waals surface area contributed by atoms with Gasteiger partial charge in [0.1, 0.15) is 0 Å². The number of hydrogen-bond donors (Lipinski definition) is 0. The molecule has 0 saturated heterocycles. The van der Waals surface area contributed by atoms with E-state index in [2.05, 4.69) is 4.74 Å². The highest BCUT2D eigenvalue weighted by Crippen LogP contribution is 2.35. The van der Waals surface area contributed by atoms with Gasteiger partial charge in [-0.05, 0) is 24.1 Å². The quantitative estimate of drug-likeness (QED) is 0.739. The fourth-order valence-electron chi connectivity index (χ4n) is 2.07. The van der Waals surface area contributed by atoms with E-state index in [1.165, 1.54) is 7.11 Å². The van der Waals surface area contributed by atoms with Crippen LogP contribution in [0.2, 0.25) is 10.0 Å². The first-order chi connectivity index (χ1) is 8.04. The van der Waals surface area contributed by atoms with Gasteiger partial charge in [-0.3, -0.25) is 9.59 Å². The molecule has 1 atom stereocenters. The van der Waals surface area contributed by atoms with Gasteiger partial charge in [-0.1, -0.05) is 23.2 Å². The number of carbonyl (C=O) groups excluding carboxylic acids is 2. The summed E-state index contributed by atoms with van der Waals surface area (Å²) >= 11 is 12.0. The minimum atomic E-state index is -0.462. The predicted molar refractivity (Wildman–Crippen MR) is 64.6 cm³/mol. The van der Waals surface area contributed by atoms with Gasteiger partial charge >= 0.3 is 5.97 Å². The Kier molecular flexibility index (Phi) is 3.40.